The zero-order chi connectivity index (χ0) is 13.4. The third-order valence-corrected chi connectivity index (χ3v) is 3.33. The molecular weight excluding hydrogens is 244 g/mol. The molecular formula is C14H14N2O3. The standard InChI is InChI=1S/C14H14N2O3/c1-2-19-14(18)9-5-6-10-11(8-9)15-12-4-3-7-16(12)13(10)17/h5-6,8H,2-4,7H2,1H3. The maximum atomic E-state index is 12.2. The van der Waals surface area contributed by atoms with E-state index in [1.807, 2.05) is 0 Å². The lowest BCUT2D eigenvalue weighted by Crippen LogP contribution is -2.21. The molecule has 19 heavy (non-hydrogen) atoms. The van der Waals surface area contributed by atoms with Gasteiger partial charge in [0.2, 0.25) is 0 Å². The van der Waals surface area contributed by atoms with Gasteiger partial charge in [-0.2, -0.15) is 0 Å². The highest BCUT2D eigenvalue weighted by molar-refractivity contribution is 5.94. The number of hydrogen-bond donors (Lipinski definition) is 0. The number of fused-ring (bicyclic) bond motifs is 2. The van der Waals surface area contributed by atoms with E-state index in [1.54, 1.807) is 29.7 Å². The molecule has 2 heterocycles. The van der Waals surface area contributed by atoms with Gasteiger partial charge in [-0.15, -0.1) is 0 Å². The summed E-state index contributed by atoms with van der Waals surface area (Å²) >= 11 is 0. The summed E-state index contributed by atoms with van der Waals surface area (Å²) in [4.78, 5) is 28.4. The molecule has 0 saturated carbocycles. The van der Waals surface area contributed by atoms with Gasteiger partial charge >= 0.3 is 5.97 Å². The van der Waals surface area contributed by atoms with Crippen LogP contribution in [0.1, 0.15) is 29.5 Å². The average Bonchev–Trinajstić information content (AvgIpc) is 2.87. The molecule has 5 heteroatoms. The van der Waals surface area contributed by atoms with E-state index in [2.05, 4.69) is 4.98 Å². The molecule has 0 amide bonds. The van der Waals surface area contributed by atoms with E-state index in [1.165, 1.54) is 0 Å². The Morgan fingerprint density at radius 1 is 1.47 bits per heavy atom. The van der Waals surface area contributed by atoms with Gasteiger partial charge in [-0.3, -0.25) is 9.36 Å². The number of esters is 1. The van der Waals surface area contributed by atoms with E-state index < -0.39 is 0 Å². The SMILES string of the molecule is CCOC(=O)c1ccc2c(=O)n3c(nc2c1)CCC3. The minimum Gasteiger partial charge on any atom is -0.462 e. The predicted octanol–water partition coefficient (Wildman–Crippen LogP) is 1.52. The number of aryl methyl sites for hydroxylation is 1. The molecule has 0 fully saturated rings. The summed E-state index contributed by atoms with van der Waals surface area (Å²) in [5.41, 5.74) is 0.987. The molecule has 0 saturated heterocycles. The molecule has 98 valence electrons. The van der Waals surface area contributed by atoms with Crippen LogP contribution in [0.5, 0.6) is 0 Å². The van der Waals surface area contributed by atoms with Crippen LogP contribution in [-0.2, 0) is 17.7 Å². The van der Waals surface area contributed by atoms with Crippen molar-refractivity contribution in [1.82, 2.24) is 9.55 Å². The molecule has 0 aliphatic carbocycles. The van der Waals surface area contributed by atoms with Crippen LogP contribution in [0.4, 0.5) is 0 Å². The molecule has 0 atom stereocenters. The second-order valence-electron chi connectivity index (χ2n) is 4.54. The lowest BCUT2D eigenvalue weighted by Gasteiger charge is -2.06. The summed E-state index contributed by atoms with van der Waals surface area (Å²) in [5, 5.41) is 0.554. The van der Waals surface area contributed by atoms with Crippen LogP contribution in [0.15, 0.2) is 23.0 Å². The fourth-order valence-electron chi connectivity index (χ4n) is 2.43. The lowest BCUT2D eigenvalue weighted by atomic mass is 10.1. The predicted molar refractivity (Wildman–Crippen MR) is 70.3 cm³/mol. The normalized spacial score (nSPS) is 13.5. The Bertz CT molecular complexity index is 718. The van der Waals surface area contributed by atoms with Crippen molar-refractivity contribution in [1.29, 1.82) is 0 Å². The minimum atomic E-state index is -0.383. The summed E-state index contributed by atoms with van der Waals surface area (Å²) in [7, 11) is 0. The van der Waals surface area contributed by atoms with Crippen molar-refractivity contribution in [3.63, 3.8) is 0 Å². The Labute approximate surface area is 109 Å². The van der Waals surface area contributed by atoms with E-state index in [9.17, 15) is 9.59 Å². The number of carbonyl (C=O) groups excluding carboxylic acids is 1. The Morgan fingerprint density at radius 2 is 2.32 bits per heavy atom. The molecule has 1 aromatic heterocycles. The van der Waals surface area contributed by atoms with Crippen molar-refractivity contribution < 1.29 is 9.53 Å². The molecule has 0 N–H and O–H groups in total. The van der Waals surface area contributed by atoms with E-state index in [0.717, 1.165) is 25.2 Å². The second kappa shape index (κ2) is 4.50. The third kappa shape index (κ3) is 1.91. The third-order valence-electron chi connectivity index (χ3n) is 3.33. The topological polar surface area (TPSA) is 61.2 Å². The maximum absolute atomic E-state index is 12.2. The van der Waals surface area contributed by atoms with Crippen LogP contribution in [-0.4, -0.2) is 22.1 Å². The fourth-order valence-corrected chi connectivity index (χ4v) is 2.43. The van der Waals surface area contributed by atoms with Gasteiger partial charge in [0.1, 0.15) is 5.82 Å². The summed E-state index contributed by atoms with van der Waals surface area (Å²) in [6, 6.07) is 4.90. The lowest BCUT2D eigenvalue weighted by molar-refractivity contribution is 0.0526. The first kappa shape index (κ1) is 11.9. The van der Waals surface area contributed by atoms with Crippen LogP contribution in [0, 0.1) is 0 Å². The quantitative estimate of drug-likeness (QED) is 0.766. The maximum Gasteiger partial charge on any atom is 0.338 e. The van der Waals surface area contributed by atoms with Crippen LogP contribution < -0.4 is 5.56 Å². The number of benzene rings is 1. The van der Waals surface area contributed by atoms with Gasteiger partial charge in [-0.05, 0) is 31.5 Å². The zero-order valence-electron chi connectivity index (χ0n) is 10.7. The molecule has 1 aliphatic heterocycles. The summed E-state index contributed by atoms with van der Waals surface area (Å²) in [6.07, 6.45) is 1.76. The van der Waals surface area contributed by atoms with Gasteiger partial charge in [-0.25, -0.2) is 9.78 Å². The molecule has 0 radical (unpaired) electrons. The number of hydrogen-bond acceptors (Lipinski definition) is 4. The van der Waals surface area contributed by atoms with Gasteiger partial charge in [-0.1, -0.05) is 0 Å². The zero-order valence-corrected chi connectivity index (χ0v) is 10.7. The summed E-state index contributed by atoms with van der Waals surface area (Å²) in [5.74, 6) is 0.422. The fraction of sp³-hybridized carbons (Fsp3) is 0.357. The highest BCUT2D eigenvalue weighted by atomic mass is 16.5. The molecule has 0 bridgehead atoms. The van der Waals surface area contributed by atoms with Crippen molar-refractivity contribution in [3.05, 3.63) is 39.9 Å². The van der Waals surface area contributed by atoms with Crippen molar-refractivity contribution >= 4 is 16.9 Å². The first-order valence-electron chi connectivity index (χ1n) is 6.41. The van der Waals surface area contributed by atoms with Crippen LogP contribution >= 0.6 is 0 Å². The van der Waals surface area contributed by atoms with Gasteiger partial charge in [0.05, 0.1) is 23.1 Å². The first-order chi connectivity index (χ1) is 9.20. The Kier molecular flexibility index (Phi) is 2.81. The molecule has 1 aliphatic rings. The van der Waals surface area contributed by atoms with Crippen molar-refractivity contribution in [2.75, 3.05) is 6.61 Å². The van der Waals surface area contributed by atoms with Crippen molar-refractivity contribution in [2.45, 2.75) is 26.3 Å². The summed E-state index contributed by atoms with van der Waals surface area (Å²) < 4.78 is 6.66. The van der Waals surface area contributed by atoms with Gasteiger partial charge in [0.25, 0.3) is 5.56 Å². The van der Waals surface area contributed by atoms with Crippen LogP contribution in [0.3, 0.4) is 0 Å². The molecule has 2 aromatic rings. The van der Waals surface area contributed by atoms with Crippen LogP contribution in [0.25, 0.3) is 10.9 Å². The Hall–Kier alpha value is -2.17. The van der Waals surface area contributed by atoms with Crippen molar-refractivity contribution in [2.24, 2.45) is 0 Å². The average molecular weight is 258 g/mol. The second-order valence-corrected chi connectivity index (χ2v) is 4.54. The highest BCUT2D eigenvalue weighted by Gasteiger charge is 2.17. The van der Waals surface area contributed by atoms with E-state index in [0.29, 0.717) is 23.1 Å². The van der Waals surface area contributed by atoms with Gasteiger partial charge in [0.15, 0.2) is 0 Å². The Morgan fingerprint density at radius 3 is 3.11 bits per heavy atom. The first-order valence-corrected chi connectivity index (χ1v) is 6.41. The van der Waals surface area contributed by atoms with E-state index in [-0.39, 0.29) is 11.5 Å². The number of aromatic nitrogens is 2. The number of nitrogens with zero attached hydrogens (tertiary/aromatic N) is 2. The van der Waals surface area contributed by atoms with Crippen LogP contribution in [0.2, 0.25) is 0 Å². The number of ether oxygens (including phenoxy) is 1. The molecule has 5 nitrogen and oxygen atoms in total. The minimum absolute atomic E-state index is 0.0205. The van der Waals surface area contributed by atoms with Crippen molar-refractivity contribution in [3.8, 4) is 0 Å². The van der Waals surface area contributed by atoms with Gasteiger partial charge < -0.3 is 4.74 Å². The number of carbonyl (C=O) groups is 1. The monoisotopic (exact) mass is 258 g/mol. The highest BCUT2D eigenvalue weighted by Crippen LogP contribution is 2.16. The number of rotatable bonds is 2. The molecule has 1 aromatic carbocycles. The Balaban J connectivity index is 2.17. The largest absolute Gasteiger partial charge is 0.462 e. The van der Waals surface area contributed by atoms with E-state index >= 15 is 0 Å². The molecule has 3 rings (SSSR count). The summed E-state index contributed by atoms with van der Waals surface area (Å²) in [6.45, 7) is 2.82. The molecule has 0 unspecified atom stereocenters. The molecule has 0 spiro atoms. The van der Waals surface area contributed by atoms with Gasteiger partial charge in [0, 0.05) is 13.0 Å². The van der Waals surface area contributed by atoms with E-state index in [4.69, 9.17) is 4.74 Å². The smallest absolute Gasteiger partial charge is 0.338 e.